The fraction of sp³-hybridized carbons (Fsp3) is 0.500. The summed E-state index contributed by atoms with van der Waals surface area (Å²) in [5, 5.41) is 6.06. The summed E-state index contributed by atoms with van der Waals surface area (Å²) in [6, 6.07) is 6.81. The highest BCUT2D eigenvalue weighted by Crippen LogP contribution is 2.31. The van der Waals surface area contributed by atoms with Gasteiger partial charge in [0, 0.05) is 12.6 Å². The Balaban J connectivity index is 1.70. The molecular weight excluding hydrogens is 474 g/mol. The normalized spacial score (nSPS) is 19.3. The highest BCUT2D eigenvalue weighted by atomic mass is 35.5. The Bertz CT molecular complexity index is 1110. The topological polar surface area (TPSA) is 130 Å². The van der Waals surface area contributed by atoms with Crippen molar-refractivity contribution in [2.75, 3.05) is 17.2 Å². The van der Waals surface area contributed by atoms with E-state index in [9.17, 15) is 16.8 Å². The molecule has 1 aliphatic carbocycles. The van der Waals surface area contributed by atoms with Crippen molar-refractivity contribution < 1.29 is 16.8 Å². The minimum absolute atomic E-state index is 0.162. The summed E-state index contributed by atoms with van der Waals surface area (Å²) in [4.78, 5) is 8.89. The van der Waals surface area contributed by atoms with Gasteiger partial charge in [0.1, 0.15) is 5.02 Å². The maximum Gasteiger partial charge on any atom is 0.224 e. The zero-order chi connectivity index (χ0) is 23.3. The number of hydrogen-bond acceptors (Lipinski definition) is 8. The molecule has 1 aromatic heterocycles. The minimum Gasteiger partial charge on any atom is -0.351 e. The Morgan fingerprint density at radius 3 is 2.50 bits per heavy atom. The maximum absolute atomic E-state index is 12.7. The van der Waals surface area contributed by atoms with Crippen molar-refractivity contribution in [2.24, 2.45) is 5.92 Å². The van der Waals surface area contributed by atoms with E-state index in [-0.39, 0.29) is 16.0 Å². The fourth-order valence-electron chi connectivity index (χ4n) is 3.62. The molecule has 12 heteroatoms. The third kappa shape index (κ3) is 6.31. The van der Waals surface area contributed by atoms with Crippen molar-refractivity contribution >= 4 is 49.8 Å². The smallest absolute Gasteiger partial charge is 0.224 e. The van der Waals surface area contributed by atoms with Gasteiger partial charge in [0.25, 0.3) is 0 Å². The molecule has 3 rings (SSSR count). The molecule has 0 aliphatic heterocycles. The quantitative estimate of drug-likeness (QED) is 0.385. The number of nitrogens with zero attached hydrogens (tertiary/aromatic N) is 2. The molecule has 0 radical (unpaired) electrons. The van der Waals surface area contributed by atoms with Gasteiger partial charge in [-0.2, -0.15) is 4.98 Å². The van der Waals surface area contributed by atoms with Crippen LogP contribution in [0.4, 0.5) is 17.5 Å². The molecule has 1 fully saturated rings. The Morgan fingerprint density at radius 1 is 1.16 bits per heavy atom. The lowest BCUT2D eigenvalue weighted by Crippen LogP contribution is -2.31. The molecule has 0 bridgehead atoms. The molecule has 1 saturated carbocycles. The first-order chi connectivity index (χ1) is 15.2. The molecule has 1 aromatic carbocycles. The number of rotatable bonds is 9. The van der Waals surface area contributed by atoms with Gasteiger partial charge in [-0.15, -0.1) is 0 Å². The zero-order valence-corrected chi connectivity index (χ0v) is 20.4. The molecule has 0 unspecified atom stereocenters. The van der Waals surface area contributed by atoms with E-state index in [1.165, 1.54) is 6.20 Å². The van der Waals surface area contributed by atoms with Crippen LogP contribution in [-0.4, -0.2) is 44.6 Å². The van der Waals surface area contributed by atoms with Crippen LogP contribution in [0.5, 0.6) is 0 Å². The average Bonchev–Trinajstić information content (AvgIpc) is 2.75. The number of anilines is 3. The van der Waals surface area contributed by atoms with Crippen molar-refractivity contribution in [3.8, 4) is 0 Å². The predicted molar refractivity (Wildman–Crippen MR) is 127 cm³/mol. The lowest BCUT2D eigenvalue weighted by Gasteiger charge is -2.28. The Morgan fingerprint density at radius 2 is 1.84 bits per heavy atom. The average molecular weight is 502 g/mol. The molecule has 0 atom stereocenters. The van der Waals surface area contributed by atoms with Crippen LogP contribution in [0.3, 0.4) is 0 Å². The van der Waals surface area contributed by atoms with Crippen LogP contribution in [0, 0.1) is 5.92 Å². The number of para-hydroxylation sites is 1. The lowest BCUT2D eigenvalue weighted by molar-refractivity contribution is 0.337. The van der Waals surface area contributed by atoms with Gasteiger partial charge in [0.05, 0.1) is 22.0 Å². The predicted octanol–water partition coefficient (Wildman–Crippen LogP) is 3.14. The summed E-state index contributed by atoms with van der Waals surface area (Å²) in [5.41, 5.74) is 0.400. The van der Waals surface area contributed by atoms with Gasteiger partial charge < -0.3 is 10.6 Å². The maximum atomic E-state index is 12.7. The van der Waals surface area contributed by atoms with Gasteiger partial charge in [-0.3, -0.25) is 0 Å². The molecule has 9 nitrogen and oxygen atoms in total. The van der Waals surface area contributed by atoms with Crippen molar-refractivity contribution in [1.82, 2.24) is 14.7 Å². The van der Waals surface area contributed by atoms with E-state index < -0.39 is 26.0 Å². The molecule has 0 amide bonds. The first-order valence-corrected chi connectivity index (χ1v) is 13.5. The van der Waals surface area contributed by atoms with Crippen molar-refractivity contribution in [3.05, 3.63) is 35.5 Å². The third-order valence-corrected chi connectivity index (χ3v) is 8.43. The van der Waals surface area contributed by atoms with E-state index in [0.29, 0.717) is 29.9 Å². The van der Waals surface area contributed by atoms with Crippen LogP contribution in [0.2, 0.25) is 5.02 Å². The van der Waals surface area contributed by atoms with E-state index in [0.717, 1.165) is 25.7 Å². The van der Waals surface area contributed by atoms with Gasteiger partial charge in [-0.05, 0) is 57.6 Å². The molecule has 32 heavy (non-hydrogen) atoms. The van der Waals surface area contributed by atoms with Crippen LogP contribution in [0.15, 0.2) is 35.4 Å². The SMILES string of the molecule is CC(C)S(=O)(=O)c1ccccc1Nc1nc(N[C@H]2CC[C@H](CN[SH](=O)=O)CC2)ncc1Cl. The number of hydrogen-bond donors (Lipinski definition) is 4. The van der Waals surface area contributed by atoms with Gasteiger partial charge in [-0.25, -0.2) is 26.5 Å². The van der Waals surface area contributed by atoms with Gasteiger partial charge >= 0.3 is 0 Å². The second-order valence-electron chi connectivity index (χ2n) is 8.09. The molecule has 1 aliphatic rings. The summed E-state index contributed by atoms with van der Waals surface area (Å²) in [6.07, 6.45) is 5.00. The van der Waals surface area contributed by atoms with Crippen LogP contribution in [0.25, 0.3) is 0 Å². The summed E-state index contributed by atoms with van der Waals surface area (Å²) in [6.45, 7) is 3.74. The molecule has 176 valence electrons. The molecular formula is C20H28ClN5O4S2. The summed E-state index contributed by atoms with van der Waals surface area (Å²) in [5.74, 6) is 1.03. The first-order valence-electron chi connectivity index (χ1n) is 10.4. The molecule has 0 saturated heterocycles. The van der Waals surface area contributed by atoms with Crippen molar-refractivity contribution in [1.29, 1.82) is 0 Å². The van der Waals surface area contributed by atoms with Gasteiger partial charge in [0.2, 0.25) is 16.8 Å². The highest BCUT2D eigenvalue weighted by Gasteiger charge is 2.24. The summed E-state index contributed by atoms with van der Waals surface area (Å²) < 4.78 is 49.3. The highest BCUT2D eigenvalue weighted by molar-refractivity contribution is 7.92. The number of thiol groups is 1. The first kappa shape index (κ1) is 24.7. The van der Waals surface area contributed by atoms with Crippen LogP contribution in [-0.2, 0) is 20.7 Å². The molecule has 3 N–H and O–H groups in total. The second kappa shape index (κ2) is 10.8. The van der Waals surface area contributed by atoms with Crippen LogP contribution in [0.1, 0.15) is 39.5 Å². The monoisotopic (exact) mass is 501 g/mol. The van der Waals surface area contributed by atoms with Crippen LogP contribution >= 0.6 is 11.6 Å². The van der Waals surface area contributed by atoms with E-state index >= 15 is 0 Å². The van der Waals surface area contributed by atoms with E-state index in [1.807, 2.05) is 0 Å². The minimum atomic E-state index is -3.50. The molecule has 1 heterocycles. The Labute approximate surface area is 195 Å². The zero-order valence-electron chi connectivity index (χ0n) is 17.9. The number of benzene rings is 1. The largest absolute Gasteiger partial charge is 0.351 e. The Hall–Kier alpha value is -1.95. The van der Waals surface area contributed by atoms with Crippen molar-refractivity contribution in [2.45, 2.75) is 55.7 Å². The number of halogens is 1. The van der Waals surface area contributed by atoms with Crippen LogP contribution < -0.4 is 15.4 Å². The lowest BCUT2D eigenvalue weighted by atomic mass is 9.86. The standard InChI is InChI=1S/C20H28ClN5O4S2/c1-13(2)32(29,30)18-6-4-3-5-17(18)25-19-16(21)12-22-20(26-19)24-15-9-7-14(8-10-15)11-23-31(27)28/h3-6,12-15,31H,7-11H2,1-2H3,(H,23,27,28)(H2,22,24,25,26)/t14-,15-. The second-order valence-corrected chi connectivity index (χ2v) is 11.8. The summed E-state index contributed by atoms with van der Waals surface area (Å²) >= 11 is 6.28. The number of aromatic nitrogens is 2. The summed E-state index contributed by atoms with van der Waals surface area (Å²) in [7, 11) is -6.06. The van der Waals surface area contributed by atoms with Gasteiger partial charge in [0.15, 0.2) is 15.7 Å². The van der Waals surface area contributed by atoms with Gasteiger partial charge in [-0.1, -0.05) is 23.7 Å². The number of sulfone groups is 1. The van der Waals surface area contributed by atoms with E-state index in [4.69, 9.17) is 11.6 Å². The third-order valence-electron chi connectivity index (χ3n) is 5.50. The fourth-order valence-corrected chi connectivity index (χ4v) is 5.37. The number of nitrogens with one attached hydrogen (secondary N) is 3. The van der Waals surface area contributed by atoms with Crippen molar-refractivity contribution in [3.63, 3.8) is 0 Å². The Kier molecular flexibility index (Phi) is 8.32. The molecule has 2 aromatic rings. The van der Waals surface area contributed by atoms with E-state index in [1.54, 1.807) is 38.1 Å². The van der Waals surface area contributed by atoms with E-state index in [2.05, 4.69) is 25.3 Å². The molecule has 0 spiro atoms.